The minimum absolute atomic E-state index is 0.00427. The fourth-order valence-corrected chi connectivity index (χ4v) is 6.61. The van der Waals surface area contributed by atoms with Crippen LogP contribution in [-0.2, 0) is 35.0 Å². The van der Waals surface area contributed by atoms with E-state index in [0.717, 1.165) is 11.3 Å². The number of aliphatic hydroxyl groups is 1. The Morgan fingerprint density at radius 2 is 1.59 bits per heavy atom. The van der Waals surface area contributed by atoms with Crippen molar-refractivity contribution in [3.63, 3.8) is 0 Å². The van der Waals surface area contributed by atoms with Crippen molar-refractivity contribution >= 4 is 34.4 Å². The summed E-state index contributed by atoms with van der Waals surface area (Å²) in [5.74, 6) is -0.0363. The number of nitrogens with zero attached hydrogens (tertiary/aromatic N) is 1. The summed E-state index contributed by atoms with van der Waals surface area (Å²) in [5.41, 5.74) is 1.60. The Labute approximate surface area is 252 Å². The molecule has 0 radical (unpaired) electrons. The molecule has 0 aliphatic carbocycles. The molecule has 9 atom stereocenters. The monoisotopic (exact) mass is 683 g/mol. The first-order valence-electron chi connectivity index (χ1n) is 13.3. The van der Waals surface area contributed by atoms with Gasteiger partial charge >= 0.3 is 0 Å². The van der Waals surface area contributed by atoms with Crippen molar-refractivity contribution in [3.05, 3.63) is 65.2 Å². The number of carbonyl (C=O) groups is 2. The van der Waals surface area contributed by atoms with E-state index in [4.69, 9.17) is 33.2 Å². The van der Waals surface area contributed by atoms with Gasteiger partial charge in [0, 0.05) is 14.2 Å². The molecule has 2 saturated heterocycles. The van der Waals surface area contributed by atoms with Crippen molar-refractivity contribution in [1.82, 2.24) is 4.90 Å². The smallest absolute Gasteiger partial charge is 0.261 e. The van der Waals surface area contributed by atoms with E-state index in [1.54, 1.807) is 38.3 Å². The summed E-state index contributed by atoms with van der Waals surface area (Å²) in [5, 5.41) is 11.1. The Morgan fingerprint density at radius 3 is 2.17 bits per heavy atom. The fraction of sp³-hybridized carbons (Fsp3) is 0.517. The highest BCUT2D eigenvalue weighted by Gasteiger charge is 2.52. The van der Waals surface area contributed by atoms with Crippen LogP contribution in [0.25, 0.3) is 0 Å². The number of methoxy groups -OCH3 is 3. The number of aliphatic hydroxyl groups excluding tert-OH is 1. The van der Waals surface area contributed by atoms with Crippen LogP contribution in [0, 0.1) is 0 Å². The van der Waals surface area contributed by atoms with E-state index in [2.05, 4.69) is 22.6 Å². The number of rotatable bonds is 9. The van der Waals surface area contributed by atoms with E-state index in [1.807, 2.05) is 24.3 Å². The van der Waals surface area contributed by atoms with E-state index in [-0.39, 0.29) is 25.0 Å². The highest BCUT2D eigenvalue weighted by Crippen LogP contribution is 2.36. The summed E-state index contributed by atoms with van der Waals surface area (Å²) < 4.78 is 40.8. The minimum atomic E-state index is -1.01. The lowest BCUT2D eigenvalue weighted by molar-refractivity contribution is -0.336. The molecule has 1 N–H and O–H groups in total. The molecule has 0 saturated carbocycles. The number of amides is 2. The molecule has 0 aromatic heterocycles. The molecule has 41 heavy (non-hydrogen) atoms. The summed E-state index contributed by atoms with van der Waals surface area (Å²) in [6.07, 6.45) is -5.54. The molecule has 0 bridgehead atoms. The zero-order valence-corrected chi connectivity index (χ0v) is 25.3. The fourth-order valence-electron chi connectivity index (χ4n) is 5.46. The van der Waals surface area contributed by atoms with Crippen LogP contribution in [0.3, 0.4) is 0 Å². The van der Waals surface area contributed by atoms with Gasteiger partial charge in [0.15, 0.2) is 12.6 Å². The molecular formula is C29H34INO10. The van der Waals surface area contributed by atoms with Crippen LogP contribution in [-0.4, -0.2) is 103 Å². The van der Waals surface area contributed by atoms with Gasteiger partial charge in [0.05, 0.1) is 53.6 Å². The Kier molecular flexibility index (Phi) is 9.60. The van der Waals surface area contributed by atoms with Gasteiger partial charge in [-0.05, 0) is 36.8 Å². The largest absolute Gasteiger partial charge is 0.497 e. The summed E-state index contributed by atoms with van der Waals surface area (Å²) in [7, 11) is 4.62. The van der Waals surface area contributed by atoms with Gasteiger partial charge < -0.3 is 38.3 Å². The molecule has 3 heterocycles. The van der Waals surface area contributed by atoms with Crippen LogP contribution in [0.2, 0.25) is 0 Å². The molecule has 5 rings (SSSR count). The maximum Gasteiger partial charge on any atom is 0.261 e. The number of hydrogen-bond donors (Lipinski definition) is 1. The second kappa shape index (κ2) is 13.0. The molecule has 2 amide bonds. The van der Waals surface area contributed by atoms with Crippen molar-refractivity contribution in [2.24, 2.45) is 0 Å². The van der Waals surface area contributed by atoms with Gasteiger partial charge in [0.1, 0.15) is 24.1 Å². The lowest BCUT2D eigenvalue weighted by Crippen LogP contribution is -2.63. The summed E-state index contributed by atoms with van der Waals surface area (Å²) in [4.78, 5) is 27.5. The highest BCUT2D eigenvalue weighted by atomic mass is 127. The average molecular weight is 683 g/mol. The number of imide groups is 1. The Morgan fingerprint density at radius 1 is 0.927 bits per heavy atom. The number of ether oxygens (including phenoxy) is 7. The van der Waals surface area contributed by atoms with Crippen LogP contribution in [0.4, 0.5) is 0 Å². The lowest BCUT2D eigenvalue weighted by Gasteiger charge is -2.47. The number of benzene rings is 2. The van der Waals surface area contributed by atoms with Gasteiger partial charge in [-0.25, -0.2) is 0 Å². The molecular weight excluding hydrogens is 649 g/mol. The predicted octanol–water partition coefficient (Wildman–Crippen LogP) is 2.56. The third-order valence-corrected chi connectivity index (χ3v) is 8.99. The molecule has 12 heteroatoms. The van der Waals surface area contributed by atoms with E-state index in [0.29, 0.717) is 11.1 Å². The molecule has 222 valence electrons. The summed E-state index contributed by atoms with van der Waals surface area (Å²) >= 11 is 2.14. The zero-order valence-electron chi connectivity index (χ0n) is 23.2. The van der Waals surface area contributed by atoms with E-state index >= 15 is 0 Å². The van der Waals surface area contributed by atoms with Gasteiger partial charge in [-0.3, -0.25) is 14.5 Å². The highest BCUT2D eigenvalue weighted by molar-refractivity contribution is 14.1. The second-order valence-corrected chi connectivity index (χ2v) is 11.5. The lowest BCUT2D eigenvalue weighted by atomic mass is 9.98. The molecule has 2 fully saturated rings. The number of carbonyl (C=O) groups excluding carboxylic acids is 2. The molecule has 11 nitrogen and oxygen atoms in total. The number of alkyl halides is 1. The van der Waals surface area contributed by atoms with Crippen molar-refractivity contribution in [3.8, 4) is 5.75 Å². The molecule has 2 aromatic rings. The molecule has 0 spiro atoms. The number of fused-ring (bicyclic) bond motifs is 1. The maximum absolute atomic E-state index is 13.2. The van der Waals surface area contributed by atoms with Crippen molar-refractivity contribution < 1.29 is 47.9 Å². The van der Waals surface area contributed by atoms with Crippen LogP contribution >= 0.6 is 22.6 Å². The first-order chi connectivity index (χ1) is 19.8. The molecule has 2 aromatic carbocycles. The number of hydrogen-bond acceptors (Lipinski definition) is 10. The van der Waals surface area contributed by atoms with Gasteiger partial charge in [-0.1, -0.05) is 46.9 Å². The van der Waals surface area contributed by atoms with Gasteiger partial charge in [-0.2, -0.15) is 0 Å². The van der Waals surface area contributed by atoms with Crippen LogP contribution in [0.5, 0.6) is 5.75 Å². The third-order valence-electron chi connectivity index (χ3n) is 7.70. The van der Waals surface area contributed by atoms with Gasteiger partial charge in [0.2, 0.25) is 0 Å². The predicted molar refractivity (Wildman–Crippen MR) is 153 cm³/mol. The first-order valence-corrected chi connectivity index (χ1v) is 14.5. The average Bonchev–Trinajstić information content (AvgIpc) is 3.24. The van der Waals surface area contributed by atoms with Crippen LogP contribution < -0.4 is 4.74 Å². The molecule has 3 aliphatic rings. The molecule has 3 aliphatic heterocycles. The zero-order chi connectivity index (χ0) is 29.3. The number of halogens is 1. The minimum Gasteiger partial charge on any atom is -0.497 e. The quantitative estimate of drug-likeness (QED) is 0.240. The maximum atomic E-state index is 13.2. The van der Waals surface area contributed by atoms with E-state index < -0.39 is 53.1 Å². The first kappa shape index (κ1) is 30.3. The van der Waals surface area contributed by atoms with Gasteiger partial charge in [0.25, 0.3) is 11.8 Å². The van der Waals surface area contributed by atoms with Crippen molar-refractivity contribution in [2.75, 3.05) is 27.9 Å². The Bertz CT molecular complexity index is 1190. The third kappa shape index (κ3) is 5.89. The SMILES string of the molecule is COc1ccc(CO[C@H]2[C@@H](O)[C@@H](C)O[C@@H](OC)[C@@H]2O[C@@H]2OC[C@H](N3C(=O)c4ccccc4C3=O)[C@@H](OC)[C@H]2I)cc1. The normalized spacial score (nSPS) is 33.6. The van der Waals surface area contributed by atoms with Crippen molar-refractivity contribution in [2.45, 2.75) is 66.6 Å². The van der Waals surface area contributed by atoms with Crippen molar-refractivity contribution in [1.29, 1.82) is 0 Å². The van der Waals surface area contributed by atoms with Crippen LogP contribution in [0.15, 0.2) is 48.5 Å². The van der Waals surface area contributed by atoms with Crippen LogP contribution in [0.1, 0.15) is 33.2 Å². The van der Waals surface area contributed by atoms with Gasteiger partial charge in [-0.15, -0.1) is 0 Å². The van der Waals surface area contributed by atoms with E-state index in [1.165, 1.54) is 19.1 Å². The topological polar surface area (TPSA) is 122 Å². The Hall–Kier alpha value is -2.17. The van der Waals surface area contributed by atoms with E-state index in [9.17, 15) is 14.7 Å². The second-order valence-electron chi connectivity index (χ2n) is 10.1. The molecule has 0 unspecified atom stereocenters. The summed E-state index contributed by atoms with van der Waals surface area (Å²) in [6, 6.07) is 13.5. The standard InChI is InChI=1S/C29H34INO10/c1-15-22(32)24(38-13-16-9-11-17(35-2)12-10-16)25(29(37-4)40-15)41-28-21(30)23(36-3)20(14-39-28)31-26(33)18-7-5-6-8-19(18)27(31)34/h5-12,15,20-25,28-29,32H,13-14H2,1-4H3/t15-,20+,21-,22+,23-,24+,25-,28+,29-/m1/s1. The summed E-state index contributed by atoms with van der Waals surface area (Å²) in [6.45, 7) is 1.94. The Balaban J connectivity index is 1.32.